The molecule has 16 nitrogen and oxygen atoms in total. The lowest BCUT2D eigenvalue weighted by Crippen LogP contribution is -2.55. The van der Waals surface area contributed by atoms with Gasteiger partial charge in [0.05, 0.1) is 0 Å². The number of amides is 4. The van der Waals surface area contributed by atoms with Crippen molar-refractivity contribution >= 4 is 47.5 Å². The summed E-state index contributed by atoms with van der Waals surface area (Å²) in [5.74, 6) is -7.18. The molecule has 1 fully saturated rings. The smallest absolute Gasteiger partial charge is 0.329 e. The van der Waals surface area contributed by atoms with E-state index in [1.165, 1.54) is 51.8 Å². The van der Waals surface area contributed by atoms with E-state index in [9.17, 15) is 38.4 Å². The number of cyclic esters (lactones) is 4. The first-order valence-corrected chi connectivity index (χ1v) is 27.1. The Kier molecular flexibility index (Phi) is 23.3. The highest BCUT2D eigenvalue weighted by Gasteiger charge is 2.43. The number of esters is 4. The van der Waals surface area contributed by atoms with Crippen LogP contribution in [0.5, 0.6) is 0 Å². The van der Waals surface area contributed by atoms with Crippen LogP contribution in [0.25, 0.3) is 0 Å². The minimum Gasteiger partial charge on any atom is -0.451 e. The summed E-state index contributed by atoms with van der Waals surface area (Å²) >= 11 is 0. The largest absolute Gasteiger partial charge is 0.451 e. The number of likely N-dealkylation sites (N-methyl/N-ethyl adjacent to an activating group) is 4. The molecule has 0 N–H and O–H groups in total. The Morgan fingerprint density at radius 1 is 0.382 bits per heavy atom. The maximum Gasteiger partial charge on any atom is 0.329 e. The van der Waals surface area contributed by atoms with Gasteiger partial charge in [0.1, 0.15) is 24.2 Å². The van der Waals surface area contributed by atoms with E-state index in [0.29, 0.717) is 11.1 Å². The molecule has 1 saturated heterocycles. The Morgan fingerprint density at radius 3 is 0.829 bits per heavy atom. The van der Waals surface area contributed by atoms with Crippen LogP contribution in [0.4, 0.5) is 0 Å². The average molecular weight is 1060 g/mol. The quantitative estimate of drug-likeness (QED) is 0.147. The van der Waals surface area contributed by atoms with Crippen LogP contribution < -0.4 is 0 Å². The van der Waals surface area contributed by atoms with E-state index < -0.39 is 96.1 Å². The summed E-state index contributed by atoms with van der Waals surface area (Å²) in [7, 11) is 5.62. The van der Waals surface area contributed by atoms with Crippen LogP contribution in [0.1, 0.15) is 159 Å². The van der Waals surface area contributed by atoms with Crippen molar-refractivity contribution in [1.29, 1.82) is 0 Å². The monoisotopic (exact) mass is 1060 g/mol. The number of nitrogens with zero attached hydrogens (tertiary/aromatic N) is 4. The molecule has 4 amide bonds. The fourth-order valence-corrected chi connectivity index (χ4v) is 9.19. The van der Waals surface area contributed by atoms with Crippen molar-refractivity contribution in [3.05, 3.63) is 70.8 Å². The summed E-state index contributed by atoms with van der Waals surface area (Å²) in [4.78, 5) is 121. The molecule has 1 heterocycles. The topological polar surface area (TPSA) is 186 Å². The first-order valence-electron chi connectivity index (χ1n) is 27.1. The summed E-state index contributed by atoms with van der Waals surface area (Å²) < 4.78 is 24.2. The van der Waals surface area contributed by atoms with Gasteiger partial charge in [0.25, 0.3) is 23.6 Å². The lowest BCUT2D eigenvalue weighted by atomic mass is 9.86. The first-order chi connectivity index (χ1) is 35.0. The van der Waals surface area contributed by atoms with Gasteiger partial charge in [-0.2, -0.15) is 0 Å². The molecule has 16 heteroatoms. The van der Waals surface area contributed by atoms with Crippen LogP contribution in [-0.2, 0) is 81.0 Å². The zero-order valence-corrected chi connectivity index (χ0v) is 49.5. The van der Waals surface area contributed by atoms with Crippen molar-refractivity contribution in [2.45, 2.75) is 209 Å². The lowest BCUT2D eigenvalue weighted by molar-refractivity contribution is -0.176. The van der Waals surface area contributed by atoms with Crippen LogP contribution in [-0.4, -0.2) is 144 Å². The van der Waals surface area contributed by atoms with Gasteiger partial charge in [0.15, 0.2) is 24.4 Å². The standard InChI is InChI=1S/C60H92N4O12/c1-35(2)29-45-55(69)73-39(9)51(65)61(17)48(32-38(7)8)58(72)76-50(34-42-23-27-44(28-24-42)60(14,15)16)54(68)64(20)46(30-36(3)4)56(70)74-40(10)52(66)62(18)47(31-37(5)6)57(71)75-49(53(67)63(45)19)33-41-21-25-43(26-22-41)59(11,12)13/h21-28,35-40,45-50H,29-34H2,1-20H3/t39-,40-,45+,46+,47+,48+,49-,50-/m1/s1. The van der Waals surface area contributed by atoms with E-state index in [-0.39, 0.29) is 73.0 Å². The molecule has 3 rings (SSSR count). The average Bonchev–Trinajstić information content (AvgIpc) is 3.32. The van der Waals surface area contributed by atoms with Gasteiger partial charge in [-0.3, -0.25) is 19.2 Å². The van der Waals surface area contributed by atoms with Crippen LogP contribution in [0.3, 0.4) is 0 Å². The molecule has 0 aromatic heterocycles. The highest BCUT2D eigenvalue weighted by atomic mass is 16.6. The molecule has 8 atom stereocenters. The number of carbonyl (C=O) groups is 8. The zero-order chi connectivity index (χ0) is 57.9. The second-order valence-electron chi connectivity index (χ2n) is 24.7. The Bertz CT molecular complexity index is 2140. The molecule has 0 radical (unpaired) electrons. The Morgan fingerprint density at radius 2 is 0.605 bits per heavy atom. The SMILES string of the molecule is CC(C)C[C@H]1C(=O)O[C@H](Cc2ccc(C(C)(C)C)cc2)C(=O)N(C)[C@@H](CC(C)C)C(=O)O[C@H](C)C(=O)N(C)[C@@H](CC(C)C)C(=O)O[C@H](Cc2ccc(C(C)(C)C)cc2)C(=O)N(C)[C@@H](CC(C)C)C(=O)O[C@H](C)C(=O)N1C. The molecule has 0 aliphatic carbocycles. The van der Waals surface area contributed by atoms with Gasteiger partial charge >= 0.3 is 23.9 Å². The fourth-order valence-electron chi connectivity index (χ4n) is 9.19. The number of benzene rings is 2. The third-order valence-electron chi connectivity index (χ3n) is 14.0. The predicted molar refractivity (Wildman–Crippen MR) is 293 cm³/mol. The molecule has 424 valence electrons. The van der Waals surface area contributed by atoms with Crippen molar-refractivity contribution in [3.8, 4) is 0 Å². The van der Waals surface area contributed by atoms with Crippen LogP contribution in [0.15, 0.2) is 48.5 Å². The molecule has 0 spiro atoms. The third-order valence-corrected chi connectivity index (χ3v) is 14.0. The normalized spacial score (nSPS) is 24.3. The summed E-state index contributed by atoms with van der Waals surface area (Å²) in [6.07, 6.45) is -5.69. The van der Waals surface area contributed by atoms with Crippen molar-refractivity contribution in [2.24, 2.45) is 23.7 Å². The minimum absolute atomic E-state index is 0.0936. The molecule has 2 aromatic rings. The molecule has 1 aliphatic heterocycles. The van der Waals surface area contributed by atoms with Crippen LogP contribution in [0.2, 0.25) is 0 Å². The number of hydrogen-bond donors (Lipinski definition) is 0. The van der Waals surface area contributed by atoms with E-state index >= 15 is 0 Å². The van der Waals surface area contributed by atoms with Crippen molar-refractivity contribution in [1.82, 2.24) is 19.6 Å². The van der Waals surface area contributed by atoms with Gasteiger partial charge < -0.3 is 38.5 Å². The first kappa shape index (κ1) is 64.5. The molecule has 0 bridgehead atoms. The second-order valence-corrected chi connectivity index (χ2v) is 24.7. The molecule has 2 aromatic carbocycles. The third kappa shape index (κ3) is 18.2. The lowest BCUT2D eigenvalue weighted by Gasteiger charge is -2.35. The molecule has 1 aliphatic rings. The Hall–Kier alpha value is -5.80. The Labute approximate surface area is 454 Å². The van der Waals surface area contributed by atoms with Crippen molar-refractivity contribution < 1.29 is 57.3 Å². The van der Waals surface area contributed by atoms with E-state index in [0.717, 1.165) is 20.9 Å². The molecular weight excluding hydrogens is 969 g/mol. The summed E-state index contributed by atoms with van der Waals surface area (Å²) in [6, 6.07) is 10.1. The molecular formula is C60H92N4O12. The van der Waals surface area contributed by atoms with E-state index in [1.807, 2.05) is 104 Å². The van der Waals surface area contributed by atoms with Crippen LogP contribution >= 0.6 is 0 Å². The van der Waals surface area contributed by atoms with Gasteiger partial charge in [0.2, 0.25) is 0 Å². The number of rotatable bonds is 12. The molecule has 0 unspecified atom stereocenters. The maximum absolute atomic E-state index is 14.9. The van der Waals surface area contributed by atoms with Crippen LogP contribution in [0, 0.1) is 23.7 Å². The highest BCUT2D eigenvalue weighted by molar-refractivity contribution is 5.94. The van der Waals surface area contributed by atoms with Gasteiger partial charge in [0, 0.05) is 41.0 Å². The number of hydrogen-bond acceptors (Lipinski definition) is 12. The number of ether oxygens (including phenoxy) is 4. The highest BCUT2D eigenvalue weighted by Crippen LogP contribution is 2.27. The van der Waals surface area contributed by atoms with E-state index in [4.69, 9.17) is 18.9 Å². The molecule has 0 saturated carbocycles. The van der Waals surface area contributed by atoms with Crippen molar-refractivity contribution in [2.75, 3.05) is 28.2 Å². The summed E-state index contributed by atoms with van der Waals surface area (Å²) in [6.45, 7) is 30.1. The van der Waals surface area contributed by atoms with Gasteiger partial charge in [-0.15, -0.1) is 0 Å². The fraction of sp³-hybridized carbons (Fsp3) is 0.667. The maximum atomic E-state index is 14.9. The minimum atomic E-state index is -1.50. The second kappa shape index (κ2) is 27.5. The van der Waals surface area contributed by atoms with Gasteiger partial charge in [-0.1, -0.05) is 145 Å². The Balaban J connectivity index is 2.29. The van der Waals surface area contributed by atoms with E-state index in [1.54, 1.807) is 0 Å². The van der Waals surface area contributed by atoms with Gasteiger partial charge in [-0.25, -0.2) is 19.2 Å². The zero-order valence-electron chi connectivity index (χ0n) is 49.5. The summed E-state index contributed by atoms with van der Waals surface area (Å²) in [5, 5.41) is 0. The van der Waals surface area contributed by atoms with Crippen molar-refractivity contribution in [3.63, 3.8) is 0 Å². The molecule has 76 heavy (non-hydrogen) atoms. The number of carbonyl (C=O) groups excluding carboxylic acids is 8. The van der Waals surface area contributed by atoms with Gasteiger partial charge in [-0.05, 0) is 96.3 Å². The predicted octanol–water partition coefficient (Wildman–Crippen LogP) is 8.26. The van der Waals surface area contributed by atoms with E-state index in [2.05, 4.69) is 41.5 Å². The summed E-state index contributed by atoms with van der Waals surface area (Å²) in [5.41, 5.74) is 3.04.